The molecule has 1 aromatic carbocycles. The molecule has 1 unspecified atom stereocenters. The number of hydrogen-bond acceptors (Lipinski definition) is 3. The predicted molar refractivity (Wildman–Crippen MR) is 85.0 cm³/mol. The van der Waals surface area contributed by atoms with E-state index < -0.39 is 0 Å². The first kappa shape index (κ1) is 15.1. The van der Waals surface area contributed by atoms with Crippen molar-refractivity contribution in [2.75, 3.05) is 19.6 Å². The quantitative estimate of drug-likeness (QED) is 0.625. The number of carbonyl (C=O) groups is 1. The summed E-state index contributed by atoms with van der Waals surface area (Å²) in [6, 6.07) is 10.1. The molecule has 0 saturated carbocycles. The fourth-order valence-corrected chi connectivity index (χ4v) is 3.13. The highest BCUT2D eigenvalue weighted by atomic mass is 32.2. The molecule has 4 heteroatoms. The van der Waals surface area contributed by atoms with E-state index in [2.05, 4.69) is 35.8 Å². The summed E-state index contributed by atoms with van der Waals surface area (Å²) in [5.74, 6) is 0.140. The molecule has 108 valence electrons. The van der Waals surface area contributed by atoms with Gasteiger partial charge in [0.15, 0.2) is 0 Å². The van der Waals surface area contributed by atoms with Crippen LogP contribution in [-0.4, -0.2) is 30.8 Å². The molecule has 0 fully saturated rings. The molecule has 1 heterocycles. The summed E-state index contributed by atoms with van der Waals surface area (Å²) in [5, 5.41) is 6.33. The zero-order valence-corrected chi connectivity index (χ0v) is 12.7. The molecule has 20 heavy (non-hydrogen) atoms. The number of carbonyl (C=O) groups excluding carboxylic acids is 1. The number of rotatable bonds is 6. The van der Waals surface area contributed by atoms with E-state index in [-0.39, 0.29) is 11.2 Å². The van der Waals surface area contributed by atoms with Gasteiger partial charge in [-0.05, 0) is 31.5 Å². The summed E-state index contributed by atoms with van der Waals surface area (Å²) in [6.45, 7) is 4.68. The van der Waals surface area contributed by atoms with Crippen molar-refractivity contribution in [1.29, 1.82) is 0 Å². The summed E-state index contributed by atoms with van der Waals surface area (Å²) in [6.07, 6.45) is 4.05. The Bertz CT molecular complexity index is 459. The molecular weight excluding hydrogens is 268 g/mol. The van der Waals surface area contributed by atoms with Gasteiger partial charge in [0, 0.05) is 18.0 Å². The molecule has 3 nitrogen and oxygen atoms in total. The van der Waals surface area contributed by atoms with Gasteiger partial charge < -0.3 is 10.6 Å². The van der Waals surface area contributed by atoms with Crippen molar-refractivity contribution >= 4 is 17.7 Å². The van der Waals surface area contributed by atoms with Gasteiger partial charge in [0.1, 0.15) is 0 Å². The monoisotopic (exact) mass is 290 g/mol. The van der Waals surface area contributed by atoms with Gasteiger partial charge in [-0.2, -0.15) is 0 Å². The zero-order chi connectivity index (χ0) is 14.2. The lowest BCUT2D eigenvalue weighted by Gasteiger charge is -2.18. The van der Waals surface area contributed by atoms with Gasteiger partial charge in [0.2, 0.25) is 5.91 Å². The third kappa shape index (κ3) is 4.69. The van der Waals surface area contributed by atoms with Crippen molar-refractivity contribution < 1.29 is 4.79 Å². The zero-order valence-electron chi connectivity index (χ0n) is 11.9. The van der Waals surface area contributed by atoms with Gasteiger partial charge >= 0.3 is 0 Å². The Morgan fingerprint density at radius 2 is 2.20 bits per heavy atom. The maximum absolute atomic E-state index is 12.2. The minimum atomic E-state index is -0.0142. The largest absolute Gasteiger partial charge is 0.351 e. The number of benzene rings is 1. The lowest BCUT2D eigenvalue weighted by Crippen LogP contribution is -2.35. The maximum Gasteiger partial charge on any atom is 0.233 e. The maximum atomic E-state index is 12.2. The SMILES string of the molecule is CCC(Sc1ccccc1)C(=O)NCC1=CCNCC1. The molecule has 0 bridgehead atoms. The van der Waals surface area contributed by atoms with Gasteiger partial charge in [-0.1, -0.05) is 36.8 Å². The fourth-order valence-electron chi connectivity index (χ4n) is 2.13. The summed E-state index contributed by atoms with van der Waals surface area (Å²) >= 11 is 1.64. The highest BCUT2D eigenvalue weighted by Gasteiger charge is 2.17. The Morgan fingerprint density at radius 1 is 1.40 bits per heavy atom. The van der Waals surface area contributed by atoms with E-state index in [4.69, 9.17) is 0 Å². The molecule has 1 amide bonds. The lowest BCUT2D eigenvalue weighted by molar-refractivity contribution is -0.120. The second-order valence-corrected chi connectivity index (χ2v) is 6.14. The van der Waals surface area contributed by atoms with E-state index in [1.807, 2.05) is 18.2 Å². The van der Waals surface area contributed by atoms with Gasteiger partial charge in [0.05, 0.1) is 5.25 Å². The highest BCUT2D eigenvalue weighted by Crippen LogP contribution is 2.25. The number of thioether (sulfide) groups is 1. The summed E-state index contributed by atoms with van der Waals surface area (Å²) in [5.41, 5.74) is 1.33. The number of nitrogens with one attached hydrogen (secondary N) is 2. The first-order valence-electron chi connectivity index (χ1n) is 7.17. The average Bonchev–Trinajstić information content (AvgIpc) is 2.52. The molecule has 0 spiro atoms. The smallest absolute Gasteiger partial charge is 0.233 e. The van der Waals surface area contributed by atoms with E-state index in [9.17, 15) is 4.79 Å². The normalized spacial score (nSPS) is 16.4. The van der Waals surface area contributed by atoms with Gasteiger partial charge in [0.25, 0.3) is 0 Å². The van der Waals surface area contributed by atoms with Crippen molar-refractivity contribution in [2.45, 2.75) is 29.9 Å². The Balaban J connectivity index is 1.84. The van der Waals surface area contributed by atoms with Crippen LogP contribution in [0.25, 0.3) is 0 Å². The molecule has 0 radical (unpaired) electrons. The second-order valence-electron chi connectivity index (χ2n) is 4.86. The van der Waals surface area contributed by atoms with Gasteiger partial charge in [-0.25, -0.2) is 0 Å². The molecule has 1 atom stereocenters. The molecular formula is C16H22N2OS. The third-order valence-corrected chi connectivity index (χ3v) is 4.71. The topological polar surface area (TPSA) is 41.1 Å². The predicted octanol–water partition coefficient (Wildman–Crippen LogP) is 2.59. The molecule has 2 N–H and O–H groups in total. The van der Waals surface area contributed by atoms with Crippen LogP contribution in [-0.2, 0) is 4.79 Å². The highest BCUT2D eigenvalue weighted by molar-refractivity contribution is 8.00. The van der Waals surface area contributed by atoms with Crippen LogP contribution in [0.1, 0.15) is 19.8 Å². The Kier molecular flexibility index (Phi) is 6.15. The second kappa shape index (κ2) is 8.12. The van der Waals surface area contributed by atoms with E-state index >= 15 is 0 Å². The fraction of sp³-hybridized carbons (Fsp3) is 0.438. The number of amides is 1. The molecule has 1 aromatic rings. The molecule has 1 aliphatic rings. The van der Waals surface area contributed by atoms with Crippen molar-refractivity contribution in [3.63, 3.8) is 0 Å². The average molecular weight is 290 g/mol. The lowest BCUT2D eigenvalue weighted by atomic mass is 10.1. The van der Waals surface area contributed by atoms with Crippen molar-refractivity contribution in [2.24, 2.45) is 0 Å². The van der Waals surface area contributed by atoms with Crippen molar-refractivity contribution in [3.8, 4) is 0 Å². The van der Waals surface area contributed by atoms with Gasteiger partial charge in [-0.15, -0.1) is 11.8 Å². The molecule has 0 aliphatic carbocycles. The van der Waals surface area contributed by atoms with Crippen LogP contribution in [0, 0.1) is 0 Å². The summed E-state index contributed by atoms with van der Waals surface area (Å²) < 4.78 is 0. The Labute approximate surface area is 125 Å². The van der Waals surface area contributed by atoms with Crippen LogP contribution in [0.5, 0.6) is 0 Å². The third-order valence-electron chi connectivity index (χ3n) is 3.33. The van der Waals surface area contributed by atoms with Crippen molar-refractivity contribution in [1.82, 2.24) is 10.6 Å². The first-order valence-corrected chi connectivity index (χ1v) is 8.05. The van der Waals surface area contributed by atoms with Crippen LogP contribution in [0.15, 0.2) is 46.9 Å². The van der Waals surface area contributed by atoms with Crippen LogP contribution >= 0.6 is 11.8 Å². The molecule has 0 saturated heterocycles. The summed E-state index contributed by atoms with van der Waals surface area (Å²) in [4.78, 5) is 13.4. The van der Waals surface area contributed by atoms with E-state index in [1.54, 1.807) is 11.8 Å². The minimum Gasteiger partial charge on any atom is -0.351 e. The van der Waals surface area contributed by atoms with E-state index in [0.29, 0.717) is 6.54 Å². The van der Waals surface area contributed by atoms with Crippen molar-refractivity contribution in [3.05, 3.63) is 42.0 Å². The van der Waals surface area contributed by atoms with Crippen LogP contribution < -0.4 is 10.6 Å². The number of hydrogen-bond donors (Lipinski definition) is 2. The first-order chi connectivity index (χ1) is 9.79. The minimum absolute atomic E-state index is 0.0142. The standard InChI is InChI=1S/C16H22N2OS/c1-2-15(20-14-6-4-3-5-7-14)16(19)18-12-13-8-10-17-11-9-13/h3-8,15,17H,2,9-12H2,1H3,(H,18,19). The Hall–Kier alpha value is -1.26. The molecule has 0 aromatic heterocycles. The van der Waals surface area contributed by atoms with Crippen LogP contribution in [0.4, 0.5) is 0 Å². The molecule has 2 rings (SSSR count). The Morgan fingerprint density at radius 3 is 2.85 bits per heavy atom. The summed E-state index contributed by atoms with van der Waals surface area (Å²) in [7, 11) is 0. The van der Waals surface area contributed by atoms with Gasteiger partial charge in [-0.3, -0.25) is 4.79 Å². The molecule has 1 aliphatic heterocycles. The van der Waals surface area contributed by atoms with E-state index in [0.717, 1.165) is 30.8 Å². The van der Waals surface area contributed by atoms with Crippen LogP contribution in [0.3, 0.4) is 0 Å². The van der Waals surface area contributed by atoms with Crippen LogP contribution in [0.2, 0.25) is 0 Å². The van der Waals surface area contributed by atoms with E-state index in [1.165, 1.54) is 5.57 Å².